The third-order valence-corrected chi connectivity index (χ3v) is 5.28. The molecule has 0 aliphatic carbocycles. The Kier molecular flexibility index (Phi) is 5.72. The maximum absolute atomic E-state index is 13.4. The number of ketones is 1. The normalized spacial score (nSPS) is 11.6. The first-order chi connectivity index (χ1) is 16.3. The van der Waals surface area contributed by atoms with Gasteiger partial charge in [0.1, 0.15) is 28.1 Å². The molecule has 3 heterocycles. The highest BCUT2D eigenvalue weighted by Gasteiger charge is 2.29. The highest BCUT2D eigenvalue weighted by Crippen LogP contribution is 2.28. The van der Waals surface area contributed by atoms with E-state index in [4.69, 9.17) is 4.74 Å². The molecule has 0 fully saturated rings. The molecule has 0 spiro atoms. The Morgan fingerprint density at radius 2 is 1.76 bits per heavy atom. The van der Waals surface area contributed by atoms with Gasteiger partial charge in [0.15, 0.2) is 0 Å². The van der Waals surface area contributed by atoms with Crippen LogP contribution in [0.4, 0.5) is 0 Å². The van der Waals surface area contributed by atoms with Gasteiger partial charge in [0.25, 0.3) is 11.1 Å². The number of ether oxygens (including phenoxy) is 1. The quantitative estimate of drug-likeness (QED) is 0.151. The number of hydrogen-bond acceptors (Lipinski definition) is 8. The van der Waals surface area contributed by atoms with Crippen LogP contribution < -0.4 is 11.1 Å². The minimum absolute atomic E-state index is 0.105. The van der Waals surface area contributed by atoms with Crippen molar-refractivity contribution in [3.8, 4) is 11.6 Å². The fourth-order valence-electron chi connectivity index (χ4n) is 3.61. The van der Waals surface area contributed by atoms with E-state index in [0.29, 0.717) is 5.52 Å². The number of fused-ring (bicyclic) bond motifs is 2. The maximum atomic E-state index is 13.4. The zero-order chi connectivity index (χ0) is 24.6. The Morgan fingerprint density at radius 1 is 1.06 bits per heavy atom. The lowest BCUT2D eigenvalue weighted by molar-refractivity contribution is -0.137. The van der Waals surface area contributed by atoms with E-state index in [1.807, 2.05) is 0 Å². The number of hydrogen-bond donors (Lipinski definition) is 2. The molecule has 0 aliphatic rings. The summed E-state index contributed by atoms with van der Waals surface area (Å²) >= 11 is 0. The first-order valence-corrected chi connectivity index (χ1v) is 10.2. The van der Waals surface area contributed by atoms with Gasteiger partial charge < -0.3 is 19.5 Å². The summed E-state index contributed by atoms with van der Waals surface area (Å²) in [4.78, 5) is 55.9. The van der Waals surface area contributed by atoms with Crippen LogP contribution in [0.5, 0.6) is 11.6 Å². The number of benzene rings is 1. The average molecular weight is 461 g/mol. The monoisotopic (exact) mass is 461 g/mol. The summed E-state index contributed by atoms with van der Waals surface area (Å²) in [6.07, 6.45) is 2.22. The predicted octanol–water partition coefficient (Wildman–Crippen LogP) is 1.79. The minimum atomic E-state index is -1.17. The molecule has 0 radical (unpaired) electrons. The summed E-state index contributed by atoms with van der Waals surface area (Å²) in [5.41, 5.74) is -2.95. The fourth-order valence-corrected chi connectivity index (χ4v) is 3.61. The molecule has 0 saturated carbocycles. The lowest BCUT2D eigenvalue weighted by Crippen LogP contribution is -2.28. The first-order valence-electron chi connectivity index (χ1n) is 10.2. The van der Waals surface area contributed by atoms with E-state index in [2.05, 4.69) is 4.98 Å². The van der Waals surface area contributed by atoms with Gasteiger partial charge in [-0.3, -0.25) is 18.8 Å². The summed E-state index contributed by atoms with van der Waals surface area (Å²) in [5, 5.41) is 21.3. The molecule has 0 amide bonds. The van der Waals surface area contributed by atoms with Crippen LogP contribution in [0.15, 0.2) is 63.8 Å². The molecule has 10 nitrogen and oxygen atoms in total. The number of rotatable bonds is 5. The highest BCUT2D eigenvalue weighted by molar-refractivity contribution is 6.28. The Morgan fingerprint density at radius 3 is 2.50 bits per heavy atom. The van der Waals surface area contributed by atoms with Gasteiger partial charge in [-0.1, -0.05) is 18.2 Å². The van der Waals surface area contributed by atoms with Gasteiger partial charge in [0, 0.05) is 18.6 Å². The lowest BCUT2D eigenvalue weighted by atomic mass is 9.99. The summed E-state index contributed by atoms with van der Waals surface area (Å²) in [6.45, 7) is 1.41. The van der Waals surface area contributed by atoms with Crippen LogP contribution in [0.1, 0.15) is 22.8 Å². The maximum Gasteiger partial charge on any atom is 0.342 e. The van der Waals surface area contributed by atoms with E-state index in [1.165, 1.54) is 32.3 Å². The number of pyridine rings is 2. The molecule has 10 heteroatoms. The number of carbonyl (C=O) groups is 2. The van der Waals surface area contributed by atoms with E-state index >= 15 is 0 Å². The van der Waals surface area contributed by atoms with Crippen molar-refractivity contribution in [2.24, 2.45) is 7.05 Å². The van der Waals surface area contributed by atoms with E-state index in [0.717, 1.165) is 15.0 Å². The van der Waals surface area contributed by atoms with Crippen LogP contribution in [-0.4, -0.2) is 42.5 Å². The van der Waals surface area contributed by atoms with E-state index in [-0.39, 0.29) is 17.6 Å². The SMILES string of the molecule is CCOC(=O)C(=Cc1c(O)nc2ccccn2c1=O)C(=O)c1c(O)c2ccccc2n(C)c1=O. The number of esters is 1. The van der Waals surface area contributed by atoms with Gasteiger partial charge in [-0.05, 0) is 37.3 Å². The molecule has 0 saturated heterocycles. The zero-order valence-electron chi connectivity index (χ0n) is 18.2. The molecule has 0 aliphatic heterocycles. The third kappa shape index (κ3) is 3.60. The lowest BCUT2D eigenvalue weighted by Gasteiger charge is -2.12. The predicted molar refractivity (Wildman–Crippen MR) is 123 cm³/mol. The van der Waals surface area contributed by atoms with Crippen LogP contribution in [0.2, 0.25) is 0 Å². The summed E-state index contributed by atoms with van der Waals surface area (Å²) in [5.74, 6) is -3.64. The van der Waals surface area contributed by atoms with Crippen molar-refractivity contribution in [2.75, 3.05) is 6.61 Å². The van der Waals surface area contributed by atoms with Crippen molar-refractivity contribution in [3.63, 3.8) is 0 Å². The van der Waals surface area contributed by atoms with Crippen LogP contribution in [0.25, 0.3) is 22.6 Å². The van der Waals surface area contributed by atoms with Crippen molar-refractivity contribution in [1.82, 2.24) is 14.0 Å². The molecule has 0 atom stereocenters. The van der Waals surface area contributed by atoms with Gasteiger partial charge in [-0.15, -0.1) is 0 Å². The number of nitrogens with zero attached hydrogens (tertiary/aromatic N) is 3. The Labute approximate surface area is 191 Å². The van der Waals surface area contributed by atoms with Crippen LogP contribution in [0.3, 0.4) is 0 Å². The molecule has 1 aromatic carbocycles. The van der Waals surface area contributed by atoms with Crippen molar-refractivity contribution in [1.29, 1.82) is 0 Å². The molecule has 3 aromatic heterocycles. The molecule has 0 unspecified atom stereocenters. The molecule has 172 valence electrons. The smallest absolute Gasteiger partial charge is 0.342 e. The van der Waals surface area contributed by atoms with Crippen molar-refractivity contribution >= 4 is 34.4 Å². The summed E-state index contributed by atoms with van der Waals surface area (Å²) in [7, 11) is 1.42. The number of aromatic hydroxyl groups is 2. The van der Waals surface area contributed by atoms with Gasteiger partial charge in [0.2, 0.25) is 11.7 Å². The number of para-hydroxylation sites is 1. The molecular formula is C24H19N3O7. The van der Waals surface area contributed by atoms with E-state index in [1.54, 1.807) is 30.3 Å². The number of Topliss-reactive ketones (excluding diaryl/α,β-unsaturated/α-hetero) is 1. The Bertz CT molecular complexity index is 1630. The van der Waals surface area contributed by atoms with Crippen molar-refractivity contribution < 1.29 is 24.5 Å². The Balaban J connectivity index is 2.00. The van der Waals surface area contributed by atoms with E-state index < -0.39 is 51.2 Å². The van der Waals surface area contributed by atoms with Gasteiger partial charge >= 0.3 is 5.97 Å². The highest BCUT2D eigenvalue weighted by atomic mass is 16.5. The van der Waals surface area contributed by atoms with E-state index in [9.17, 15) is 29.4 Å². The van der Waals surface area contributed by atoms with Crippen LogP contribution >= 0.6 is 0 Å². The first kappa shape index (κ1) is 22.5. The molecule has 4 aromatic rings. The zero-order valence-corrected chi connectivity index (χ0v) is 18.2. The second-order valence-corrected chi connectivity index (χ2v) is 7.30. The third-order valence-electron chi connectivity index (χ3n) is 5.28. The van der Waals surface area contributed by atoms with Crippen LogP contribution in [-0.2, 0) is 16.6 Å². The number of aromatic nitrogens is 3. The minimum Gasteiger partial charge on any atom is -0.506 e. The molecule has 34 heavy (non-hydrogen) atoms. The topological polar surface area (TPSA) is 140 Å². The molecule has 4 rings (SSSR count). The molecular weight excluding hydrogens is 442 g/mol. The second kappa shape index (κ2) is 8.66. The van der Waals surface area contributed by atoms with Crippen molar-refractivity contribution in [2.45, 2.75) is 6.92 Å². The average Bonchev–Trinajstić information content (AvgIpc) is 2.82. The standard InChI is InChI=1S/C24H19N3O7/c1-3-34-24(33)14(12-15-21(30)25-17-10-6-7-11-27(17)22(15)31)20(29)18-19(28)13-8-4-5-9-16(13)26(2)23(18)32/h4-12,28,30H,3H2,1-2H3. The number of aryl methyl sites for hydroxylation is 1. The van der Waals surface area contributed by atoms with Crippen molar-refractivity contribution in [3.05, 3.63) is 86.1 Å². The van der Waals surface area contributed by atoms with Gasteiger partial charge in [0.05, 0.1) is 12.1 Å². The van der Waals surface area contributed by atoms with Gasteiger partial charge in [-0.25, -0.2) is 4.79 Å². The largest absolute Gasteiger partial charge is 0.506 e. The Hall–Kier alpha value is -4.73. The van der Waals surface area contributed by atoms with Crippen LogP contribution in [0, 0.1) is 0 Å². The molecule has 0 bridgehead atoms. The molecule has 2 N–H and O–H groups in total. The second-order valence-electron chi connectivity index (χ2n) is 7.30. The van der Waals surface area contributed by atoms with Gasteiger partial charge in [-0.2, -0.15) is 4.98 Å². The fraction of sp³-hybridized carbons (Fsp3) is 0.125. The number of carbonyl (C=O) groups excluding carboxylic acids is 2. The summed E-state index contributed by atoms with van der Waals surface area (Å²) in [6, 6.07) is 11.0. The summed E-state index contributed by atoms with van der Waals surface area (Å²) < 4.78 is 7.23.